The number of hydrogen-bond acceptors (Lipinski definition) is 2. The Morgan fingerprint density at radius 3 is 2.23 bits per heavy atom. The Morgan fingerprint density at radius 2 is 1.69 bits per heavy atom. The van der Waals surface area contributed by atoms with Crippen molar-refractivity contribution in [2.75, 3.05) is 13.1 Å². The first kappa shape index (κ1) is 21.5. The molecule has 0 amide bonds. The van der Waals surface area contributed by atoms with E-state index in [0.717, 1.165) is 44.6 Å². The average molecular weight is 391 g/mol. The van der Waals surface area contributed by atoms with Crippen molar-refractivity contribution < 1.29 is 13.2 Å². The second kappa shape index (κ2) is 9.93. The van der Waals surface area contributed by atoms with Crippen LogP contribution in [0.25, 0.3) is 0 Å². The third-order valence-electron chi connectivity index (χ3n) is 5.19. The summed E-state index contributed by atoms with van der Waals surface area (Å²) in [7, 11) is 0. The van der Waals surface area contributed by atoms with Gasteiger partial charge in [-0.05, 0) is 31.9 Å². The van der Waals surface area contributed by atoms with Crippen molar-refractivity contribution in [1.82, 2.24) is 10.3 Å². The number of nitrogens with one attached hydrogen (secondary N) is 1. The fraction of sp³-hybridized carbons (Fsp3) is 0.750. The Hall–Kier alpha value is -0.810. The summed E-state index contributed by atoms with van der Waals surface area (Å²) in [5.74, 6) is 0. The van der Waals surface area contributed by atoms with Gasteiger partial charge in [-0.15, -0.1) is 0 Å². The molecule has 1 aromatic rings. The van der Waals surface area contributed by atoms with Gasteiger partial charge in [0.15, 0.2) is 0 Å². The van der Waals surface area contributed by atoms with E-state index in [4.69, 9.17) is 11.6 Å². The standard InChI is InChI=1S/C20H30ClF3N2/c1-2-3-4-5-6-7-8-9-12-25-15-19(10-11-19)18-17(21)13-16(14-26-18)20(22,23)24/h13-14,25H,2-12,15H2,1H3. The quantitative estimate of drug-likeness (QED) is 0.411. The van der Waals surface area contributed by atoms with E-state index in [1.165, 1.54) is 44.9 Å². The molecule has 0 aliphatic heterocycles. The lowest BCUT2D eigenvalue weighted by Gasteiger charge is -2.18. The highest BCUT2D eigenvalue weighted by atomic mass is 35.5. The molecule has 0 spiro atoms. The van der Waals surface area contributed by atoms with Gasteiger partial charge in [0.25, 0.3) is 0 Å². The van der Waals surface area contributed by atoms with Crippen molar-refractivity contribution in [2.45, 2.75) is 82.7 Å². The van der Waals surface area contributed by atoms with E-state index >= 15 is 0 Å². The van der Waals surface area contributed by atoms with Gasteiger partial charge in [0.05, 0.1) is 16.3 Å². The lowest BCUT2D eigenvalue weighted by molar-refractivity contribution is -0.137. The second-order valence-electron chi connectivity index (χ2n) is 7.48. The molecule has 0 unspecified atom stereocenters. The molecular weight excluding hydrogens is 361 g/mol. The van der Waals surface area contributed by atoms with Crippen molar-refractivity contribution >= 4 is 11.6 Å². The summed E-state index contributed by atoms with van der Waals surface area (Å²) in [4.78, 5) is 4.05. The van der Waals surface area contributed by atoms with Crippen LogP contribution in [0.2, 0.25) is 5.02 Å². The molecule has 1 heterocycles. The summed E-state index contributed by atoms with van der Waals surface area (Å²) >= 11 is 6.10. The van der Waals surface area contributed by atoms with E-state index in [9.17, 15) is 13.2 Å². The number of halogens is 4. The Morgan fingerprint density at radius 1 is 1.08 bits per heavy atom. The minimum absolute atomic E-state index is 0.131. The summed E-state index contributed by atoms with van der Waals surface area (Å²) in [6.45, 7) is 3.90. The van der Waals surface area contributed by atoms with Crippen LogP contribution in [0.1, 0.15) is 82.4 Å². The third kappa shape index (κ3) is 6.41. The first-order valence-corrected chi connectivity index (χ1v) is 10.2. The predicted molar refractivity (Wildman–Crippen MR) is 101 cm³/mol. The van der Waals surface area contributed by atoms with Gasteiger partial charge in [-0.25, -0.2) is 0 Å². The zero-order valence-corrected chi connectivity index (χ0v) is 16.4. The molecule has 0 saturated heterocycles. The molecule has 0 radical (unpaired) electrons. The maximum Gasteiger partial charge on any atom is 0.417 e. The summed E-state index contributed by atoms with van der Waals surface area (Å²) in [5.41, 5.74) is -0.356. The van der Waals surface area contributed by atoms with Crippen LogP contribution < -0.4 is 5.32 Å². The monoisotopic (exact) mass is 390 g/mol. The Bertz CT molecular complexity index is 556. The van der Waals surface area contributed by atoms with Gasteiger partial charge in [-0.2, -0.15) is 13.2 Å². The number of unbranched alkanes of at least 4 members (excludes halogenated alkanes) is 7. The van der Waals surface area contributed by atoms with Crippen molar-refractivity contribution in [1.29, 1.82) is 0 Å². The largest absolute Gasteiger partial charge is 0.417 e. The molecular formula is C20H30ClF3N2. The number of hydrogen-bond donors (Lipinski definition) is 1. The molecule has 1 saturated carbocycles. The van der Waals surface area contributed by atoms with Crippen LogP contribution in [0.5, 0.6) is 0 Å². The molecule has 0 aromatic carbocycles. The van der Waals surface area contributed by atoms with Crippen LogP contribution in [-0.2, 0) is 11.6 Å². The van der Waals surface area contributed by atoms with Crippen LogP contribution in [0, 0.1) is 0 Å². The molecule has 1 aromatic heterocycles. The van der Waals surface area contributed by atoms with Crippen LogP contribution in [0.4, 0.5) is 13.2 Å². The summed E-state index contributed by atoms with van der Waals surface area (Å²) in [6.07, 6.45) is 8.61. The molecule has 2 rings (SSSR count). The molecule has 1 aliphatic carbocycles. The Balaban J connectivity index is 1.68. The predicted octanol–water partition coefficient (Wildman–Crippen LogP) is 6.52. The Labute approximate surface area is 159 Å². The summed E-state index contributed by atoms with van der Waals surface area (Å²) < 4.78 is 38.2. The molecule has 26 heavy (non-hydrogen) atoms. The highest BCUT2D eigenvalue weighted by molar-refractivity contribution is 6.31. The smallest absolute Gasteiger partial charge is 0.316 e. The van der Waals surface area contributed by atoms with Gasteiger partial charge in [-0.1, -0.05) is 63.5 Å². The fourth-order valence-electron chi connectivity index (χ4n) is 3.34. The molecule has 1 fully saturated rings. The van der Waals surface area contributed by atoms with Gasteiger partial charge >= 0.3 is 6.18 Å². The van der Waals surface area contributed by atoms with Crippen molar-refractivity contribution in [3.63, 3.8) is 0 Å². The van der Waals surface area contributed by atoms with Gasteiger partial charge in [-0.3, -0.25) is 4.98 Å². The SMILES string of the molecule is CCCCCCCCCCNCC1(c2ncc(C(F)(F)F)cc2Cl)CC1. The number of alkyl halides is 3. The van der Waals surface area contributed by atoms with Crippen molar-refractivity contribution in [2.24, 2.45) is 0 Å². The highest BCUT2D eigenvalue weighted by Gasteiger charge is 2.47. The van der Waals surface area contributed by atoms with Gasteiger partial charge in [0.1, 0.15) is 0 Å². The van der Waals surface area contributed by atoms with Gasteiger partial charge in [0, 0.05) is 18.2 Å². The molecule has 1 aliphatic rings. The zero-order valence-electron chi connectivity index (χ0n) is 15.6. The van der Waals surface area contributed by atoms with E-state index in [-0.39, 0.29) is 10.4 Å². The fourth-order valence-corrected chi connectivity index (χ4v) is 3.71. The zero-order chi connectivity index (χ0) is 19.0. The average Bonchev–Trinajstić information content (AvgIpc) is 3.36. The molecule has 148 valence electrons. The molecule has 0 atom stereocenters. The van der Waals surface area contributed by atoms with E-state index in [2.05, 4.69) is 17.2 Å². The lowest BCUT2D eigenvalue weighted by Crippen LogP contribution is -2.29. The van der Waals surface area contributed by atoms with Crippen molar-refractivity contribution in [3.8, 4) is 0 Å². The topological polar surface area (TPSA) is 24.9 Å². The highest BCUT2D eigenvalue weighted by Crippen LogP contribution is 2.49. The minimum Gasteiger partial charge on any atom is -0.316 e. The second-order valence-corrected chi connectivity index (χ2v) is 7.89. The number of pyridine rings is 1. The molecule has 2 nitrogen and oxygen atoms in total. The van der Waals surface area contributed by atoms with Crippen LogP contribution in [0.3, 0.4) is 0 Å². The molecule has 0 bridgehead atoms. The van der Waals surface area contributed by atoms with Gasteiger partial charge < -0.3 is 5.32 Å². The third-order valence-corrected chi connectivity index (χ3v) is 5.48. The lowest BCUT2D eigenvalue weighted by atomic mass is 10.0. The summed E-state index contributed by atoms with van der Waals surface area (Å²) in [6, 6.07) is 1.00. The van der Waals surface area contributed by atoms with Crippen LogP contribution in [-0.4, -0.2) is 18.1 Å². The van der Waals surface area contributed by atoms with Gasteiger partial charge in [0.2, 0.25) is 0 Å². The Kier molecular flexibility index (Phi) is 8.21. The first-order valence-electron chi connectivity index (χ1n) is 9.83. The van der Waals surface area contributed by atoms with E-state index in [0.29, 0.717) is 5.69 Å². The van der Waals surface area contributed by atoms with E-state index in [1.54, 1.807) is 0 Å². The first-order chi connectivity index (χ1) is 12.4. The maximum absolute atomic E-state index is 12.7. The van der Waals surface area contributed by atoms with E-state index in [1.807, 2.05) is 0 Å². The maximum atomic E-state index is 12.7. The van der Waals surface area contributed by atoms with E-state index < -0.39 is 11.7 Å². The number of aromatic nitrogens is 1. The van der Waals surface area contributed by atoms with Crippen LogP contribution >= 0.6 is 11.6 Å². The molecule has 6 heteroatoms. The number of nitrogens with zero attached hydrogens (tertiary/aromatic N) is 1. The normalized spacial score (nSPS) is 16.0. The summed E-state index contributed by atoms with van der Waals surface area (Å²) in [5, 5.41) is 3.58. The minimum atomic E-state index is -4.40. The number of rotatable bonds is 12. The van der Waals surface area contributed by atoms with Crippen LogP contribution in [0.15, 0.2) is 12.3 Å². The van der Waals surface area contributed by atoms with Crippen molar-refractivity contribution in [3.05, 3.63) is 28.5 Å². The molecule has 1 N–H and O–H groups in total.